The fourth-order valence-corrected chi connectivity index (χ4v) is 2.06. The summed E-state index contributed by atoms with van der Waals surface area (Å²) in [7, 11) is 1.64. The molecule has 1 fully saturated rings. The van der Waals surface area contributed by atoms with Crippen LogP contribution in [-0.2, 0) is 10.6 Å². The van der Waals surface area contributed by atoms with Gasteiger partial charge in [-0.25, -0.2) is 0 Å². The molecule has 0 saturated carbocycles. The van der Waals surface area contributed by atoms with Gasteiger partial charge in [-0.1, -0.05) is 0 Å². The van der Waals surface area contributed by atoms with Crippen LogP contribution in [0.2, 0.25) is 0 Å². The predicted octanol–water partition coefficient (Wildman–Crippen LogP) is 2.85. The molecule has 2 rings (SSSR count). The molecule has 1 aliphatic heterocycles. The van der Waals surface area contributed by atoms with Crippen molar-refractivity contribution in [2.24, 2.45) is 5.92 Å². The zero-order chi connectivity index (χ0) is 12.1. The highest BCUT2D eigenvalue weighted by Gasteiger charge is 2.16. The van der Waals surface area contributed by atoms with Crippen LogP contribution < -0.4 is 9.47 Å². The lowest BCUT2D eigenvalue weighted by atomic mass is 10.1. The lowest BCUT2D eigenvalue weighted by Crippen LogP contribution is -2.12. The highest BCUT2D eigenvalue weighted by atomic mass is 35.5. The molecule has 1 aromatic rings. The summed E-state index contributed by atoms with van der Waals surface area (Å²) >= 11 is 5.90. The minimum atomic E-state index is 0.424. The molecule has 0 spiro atoms. The van der Waals surface area contributed by atoms with Crippen LogP contribution in [0.5, 0.6) is 11.5 Å². The Morgan fingerprint density at radius 3 is 3.00 bits per heavy atom. The van der Waals surface area contributed by atoms with Crippen molar-refractivity contribution >= 4 is 11.6 Å². The third-order valence-corrected chi connectivity index (χ3v) is 3.20. The Hall–Kier alpha value is -0.930. The number of ether oxygens (including phenoxy) is 3. The summed E-state index contributed by atoms with van der Waals surface area (Å²) in [4.78, 5) is 0. The van der Waals surface area contributed by atoms with E-state index in [1.807, 2.05) is 18.2 Å². The standard InChI is InChI=1S/C13H17ClO3/c1-15-12-2-3-13(11(6-12)7-14)17-9-10-4-5-16-8-10/h2-3,6,10H,4-5,7-9H2,1H3. The van der Waals surface area contributed by atoms with Crippen LogP contribution >= 0.6 is 11.6 Å². The molecule has 0 amide bonds. The van der Waals surface area contributed by atoms with Crippen LogP contribution in [-0.4, -0.2) is 26.9 Å². The van der Waals surface area contributed by atoms with E-state index in [1.54, 1.807) is 7.11 Å². The van der Waals surface area contributed by atoms with Crippen molar-refractivity contribution in [2.75, 3.05) is 26.9 Å². The molecule has 0 radical (unpaired) electrons. The molecule has 1 saturated heterocycles. The zero-order valence-electron chi connectivity index (χ0n) is 9.95. The molecule has 0 bridgehead atoms. The number of hydrogen-bond acceptors (Lipinski definition) is 3. The van der Waals surface area contributed by atoms with Crippen molar-refractivity contribution in [3.63, 3.8) is 0 Å². The van der Waals surface area contributed by atoms with Gasteiger partial charge in [-0.15, -0.1) is 11.6 Å². The third kappa shape index (κ3) is 3.27. The average molecular weight is 257 g/mol. The molecule has 3 nitrogen and oxygen atoms in total. The number of alkyl halides is 1. The number of benzene rings is 1. The van der Waals surface area contributed by atoms with Crippen LogP contribution in [0, 0.1) is 5.92 Å². The van der Waals surface area contributed by atoms with Gasteiger partial charge in [0, 0.05) is 18.1 Å². The number of rotatable bonds is 5. The van der Waals surface area contributed by atoms with Crippen LogP contribution in [0.4, 0.5) is 0 Å². The molecule has 1 aromatic carbocycles. The molecule has 94 valence electrons. The first-order valence-corrected chi connectivity index (χ1v) is 6.30. The minimum Gasteiger partial charge on any atom is -0.497 e. The summed E-state index contributed by atoms with van der Waals surface area (Å²) in [5.74, 6) is 2.57. The van der Waals surface area contributed by atoms with E-state index in [4.69, 9.17) is 25.8 Å². The van der Waals surface area contributed by atoms with Crippen molar-refractivity contribution < 1.29 is 14.2 Å². The van der Waals surface area contributed by atoms with E-state index in [-0.39, 0.29) is 0 Å². The Morgan fingerprint density at radius 1 is 1.47 bits per heavy atom. The largest absolute Gasteiger partial charge is 0.497 e. The Kier molecular flexibility index (Phi) is 4.51. The molecule has 0 aliphatic carbocycles. The second-order valence-electron chi connectivity index (χ2n) is 4.15. The molecule has 0 aromatic heterocycles. The maximum Gasteiger partial charge on any atom is 0.123 e. The first kappa shape index (κ1) is 12.5. The summed E-state index contributed by atoms with van der Waals surface area (Å²) < 4.78 is 16.3. The molecule has 1 heterocycles. The normalized spacial score (nSPS) is 19.3. The van der Waals surface area contributed by atoms with Crippen molar-refractivity contribution in [3.8, 4) is 11.5 Å². The van der Waals surface area contributed by atoms with E-state index in [2.05, 4.69) is 0 Å². The fourth-order valence-electron chi connectivity index (χ4n) is 1.85. The van der Waals surface area contributed by atoms with E-state index in [1.165, 1.54) is 0 Å². The van der Waals surface area contributed by atoms with Crippen molar-refractivity contribution in [1.29, 1.82) is 0 Å². The maximum atomic E-state index is 5.90. The van der Waals surface area contributed by atoms with Gasteiger partial charge in [-0.3, -0.25) is 0 Å². The van der Waals surface area contributed by atoms with Crippen LogP contribution in [0.1, 0.15) is 12.0 Å². The summed E-state index contributed by atoms with van der Waals surface area (Å²) in [6.07, 6.45) is 1.08. The monoisotopic (exact) mass is 256 g/mol. The van der Waals surface area contributed by atoms with Gasteiger partial charge < -0.3 is 14.2 Å². The number of hydrogen-bond donors (Lipinski definition) is 0. The smallest absolute Gasteiger partial charge is 0.123 e. The van der Waals surface area contributed by atoms with Gasteiger partial charge in [0.05, 0.1) is 26.2 Å². The topological polar surface area (TPSA) is 27.7 Å². The van der Waals surface area contributed by atoms with Gasteiger partial charge in [0.1, 0.15) is 11.5 Å². The molecule has 0 N–H and O–H groups in total. The Morgan fingerprint density at radius 2 is 2.35 bits per heavy atom. The Bertz CT molecular complexity index is 362. The van der Waals surface area contributed by atoms with Crippen LogP contribution in [0.15, 0.2) is 18.2 Å². The van der Waals surface area contributed by atoms with Crippen molar-refractivity contribution in [3.05, 3.63) is 23.8 Å². The van der Waals surface area contributed by atoms with Gasteiger partial charge in [0.15, 0.2) is 0 Å². The lowest BCUT2D eigenvalue weighted by Gasteiger charge is -2.13. The maximum absolute atomic E-state index is 5.90. The summed E-state index contributed by atoms with van der Waals surface area (Å²) in [6, 6.07) is 5.70. The van der Waals surface area contributed by atoms with Crippen LogP contribution in [0.3, 0.4) is 0 Å². The van der Waals surface area contributed by atoms with Gasteiger partial charge in [-0.2, -0.15) is 0 Å². The van der Waals surface area contributed by atoms with E-state index in [0.717, 1.165) is 36.7 Å². The number of halogens is 1. The van der Waals surface area contributed by atoms with Crippen molar-refractivity contribution in [2.45, 2.75) is 12.3 Å². The average Bonchev–Trinajstić information content (AvgIpc) is 2.89. The SMILES string of the molecule is COc1ccc(OCC2CCOC2)c(CCl)c1. The van der Waals surface area contributed by atoms with Crippen LogP contribution in [0.25, 0.3) is 0 Å². The molecular formula is C13H17ClO3. The van der Waals surface area contributed by atoms with E-state index >= 15 is 0 Å². The second kappa shape index (κ2) is 6.12. The first-order chi connectivity index (χ1) is 8.33. The van der Waals surface area contributed by atoms with Crippen molar-refractivity contribution in [1.82, 2.24) is 0 Å². The third-order valence-electron chi connectivity index (χ3n) is 2.91. The molecule has 1 atom stereocenters. The summed E-state index contributed by atoms with van der Waals surface area (Å²) in [5, 5.41) is 0. The van der Waals surface area contributed by atoms with Gasteiger partial charge in [0.2, 0.25) is 0 Å². The van der Waals surface area contributed by atoms with Gasteiger partial charge in [-0.05, 0) is 24.6 Å². The zero-order valence-corrected chi connectivity index (χ0v) is 10.7. The Labute approximate surface area is 107 Å². The van der Waals surface area contributed by atoms with E-state index in [0.29, 0.717) is 18.4 Å². The molecule has 1 unspecified atom stereocenters. The minimum absolute atomic E-state index is 0.424. The molecule has 1 aliphatic rings. The number of methoxy groups -OCH3 is 1. The summed E-state index contributed by atoms with van der Waals surface area (Å²) in [6.45, 7) is 2.33. The van der Waals surface area contributed by atoms with Gasteiger partial charge >= 0.3 is 0 Å². The lowest BCUT2D eigenvalue weighted by molar-refractivity contribution is 0.167. The molecular weight excluding hydrogens is 240 g/mol. The van der Waals surface area contributed by atoms with E-state index < -0.39 is 0 Å². The summed E-state index contributed by atoms with van der Waals surface area (Å²) in [5.41, 5.74) is 0.963. The quantitative estimate of drug-likeness (QED) is 0.759. The highest BCUT2D eigenvalue weighted by Crippen LogP contribution is 2.26. The van der Waals surface area contributed by atoms with Gasteiger partial charge in [0.25, 0.3) is 0 Å². The molecule has 17 heavy (non-hydrogen) atoms. The molecule has 4 heteroatoms. The Balaban J connectivity index is 1.98. The highest BCUT2D eigenvalue weighted by molar-refractivity contribution is 6.17. The van der Waals surface area contributed by atoms with E-state index in [9.17, 15) is 0 Å². The fraction of sp³-hybridized carbons (Fsp3) is 0.538. The predicted molar refractivity (Wildman–Crippen MR) is 67.0 cm³/mol. The first-order valence-electron chi connectivity index (χ1n) is 5.77. The second-order valence-corrected chi connectivity index (χ2v) is 4.42.